The Labute approximate surface area is 161 Å². The first kappa shape index (κ1) is 19.8. The summed E-state index contributed by atoms with van der Waals surface area (Å²) in [7, 11) is -3.44. The summed E-state index contributed by atoms with van der Waals surface area (Å²) in [6.45, 7) is 0.216. The van der Waals surface area contributed by atoms with E-state index in [9.17, 15) is 13.2 Å². The van der Waals surface area contributed by atoms with Gasteiger partial charge in [0.1, 0.15) is 0 Å². The Balaban J connectivity index is 1.93. The Morgan fingerprint density at radius 1 is 1.12 bits per heavy atom. The Morgan fingerprint density at radius 2 is 1.72 bits per heavy atom. The third-order valence-electron chi connectivity index (χ3n) is 3.41. The van der Waals surface area contributed by atoms with Gasteiger partial charge in [-0.1, -0.05) is 27.5 Å². The Kier molecular flexibility index (Phi) is 6.87. The maximum atomic E-state index is 12.0. The van der Waals surface area contributed by atoms with Crippen molar-refractivity contribution in [3.63, 3.8) is 0 Å². The fraction of sp³-hybridized carbons (Fsp3) is 0.235. The largest absolute Gasteiger partial charge is 0.326 e. The molecule has 8 heteroatoms. The molecule has 1 amide bonds. The van der Waals surface area contributed by atoms with Crippen molar-refractivity contribution in [3.05, 3.63) is 58.0 Å². The van der Waals surface area contributed by atoms with Gasteiger partial charge in [-0.3, -0.25) is 9.10 Å². The van der Waals surface area contributed by atoms with E-state index in [0.717, 1.165) is 10.7 Å². The van der Waals surface area contributed by atoms with Gasteiger partial charge in [0.15, 0.2) is 0 Å². The topological polar surface area (TPSA) is 66.5 Å². The zero-order valence-electron chi connectivity index (χ0n) is 13.6. The molecule has 1 N–H and O–H groups in total. The molecule has 2 rings (SSSR count). The highest BCUT2D eigenvalue weighted by atomic mass is 79.9. The summed E-state index contributed by atoms with van der Waals surface area (Å²) in [5.74, 6) is -0.160. The van der Waals surface area contributed by atoms with E-state index in [0.29, 0.717) is 22.8 Å². The lowest BCUT2D eigenvalue weighted by Gasteiger charge is -2.22. The number of hydrogen-bond acceptors (Lipinski definition) is 3. The minimum Gasteiger partial charge on any atom is -0.326 e. The number of nitrogens with one attached hydrogen (secondary N) is 1. The van der Waals surface area contributed by atoms with Crippen molar-refractivity contribution >= 4 is 54.8 Å². The van der Waals surface area contributed by atoms with Gasteiger partial charge < -0.3 is 5.32 Å². The quantitative estimate of drug-likeness (QED) is 0.691. The summed E-state index contributed by atoms with van der Waals surface area (Å²) < 4.78 is 26.2. The molecule has 25 heavy (non-hydrogen) atoms. The number of amides is 1. The van der Waals surface area contributed by atoms with Gasteiger partial charge in [-0.15, -0.1) is 0 Å². The highest BCUT2D eigenvalue weighted by Crippen LogP contribution is 2.21. The summed E-state index contributed by atoms with van der Waals surface area (Å²) >= 11 is 9.17. The molecule has 0 aromatic heterocycles. The normalized spacial score (nSPS) is 11.2. The summed E-state index contributed by atoms with van der Waals surface area (Å²) in [5, 5.41) is 3.32. The monoisotopic (exact) mass is 444 g/mol. The van der Waals surface area contributed by atoms with Crippen LogP contribution in [0.2, 0.25) is 5.02 Å². The molecule has 134 valence electrons. The lowest BCUT2D eigenvalue weighted by Crippen LogP contribution is -2.31. The Morgan fingerprint density at radius 3 is 2.28 bits per heavy atom. The maximum Gasteiger partial charge on any atom is 0.232 e. The number of rotatable bonds is 7. The van der Waals surface area contributed by atoms with Crippen molar-refractivity contribution in [3.8, 4) is 0 Å². The van der Waals surface area contributed by atoms with Crippen LogP contribution in [0.1, 0.15) is 12.8 Å². The predicted molar refractivity (Wildman–Crippen MR) is 106 cm³/mol. The van der Waals surface area contributed by atoms with Crippen molar-refractivity contribution in [2.24, 2.45) is 0 Å². The van der Waals surface area contributed by atoms with Crippen molar-refractivity contribution in [1.29, 1.82) is 0 Å². The van der Waals surface area contributed by atoms with Crippen LogP contribution >= 0.6 is 27.5 Å². The fourth-order valence-electron chi connectivity index (χ4n) is 2.23. The molecule has 0 atom stereocenters. The van der Waals surface area contributed by atoms with Gasteiger partial charge in [-0.2, -0.15) is 0 Å². The van der Waals surface area contributed by atoms with Crippen LogP contribution in [0, 0.1) is 0 Å². The predicted octanol–water partition coefficient (Wildman–Crippen LogP) is 4.29. The smallest absolute Gasteiger partial charge is 0.232 e. The third kappa shape index (κ3) is 6.34. The van der Waals surface area contributed by atoms with Crippen molar-refractivity contribution in [2.75, 3.05) is 22.4 Å². The van der Waals surface area contributed by atoms with E-state index in [1.54, 1.807) is 36.4 Å². The highest BCUT2D eigenvalue weighted by molar-refractivity contribution is 9.10. The van der Waals surface area contributed by atoms with E-state index < -0.39 is 10.0 Å². The van der Waals surface area contributed by atoms with Crippen LogP contribution in [-0.2, 0) is 14.8 Å². The Hall–Kier alpha value is -1.57. The van der Waals surface area contributed by atoms with Crippen LogP contribution in [-0.4, -0.2) is 27.1 Å². The summed E-state index contributed by atoms with van der Waals surface area (Å²) in [4.78, 5) is 12.0. The van der Waals surface area contributed by atoms with Crippen molar-refractivity contribution in [1.82, 2.24) is 0 Å². The maximum absolute atomic E-state index is 12.0. The second-order valence-electron chi connectivity index (χ2n) is 5.47. The number of benzene rings is 2. The van der Waals surface area contributed by atoms with Crippen molar-refractivity contribution in [2.45, 2.75) is 12.8 Å². The van der Waals surface area contributed by atoms with Gasteiger partial charge in [-0.25, -0.2) is 8.42 Å². The average Bonchev–Trinajstić information content (AvgIpc) is 2.54. The van der Waals surface area contributed by atoms with Gasteiger partial charge in [0, 0.05) is 28.1 Å². The SMILES string of the molecule is CS(=O)(=O)N(CCCC(=O)Nc1ccc(Br)cc1)c1ccc(Cl)cc1. The molecule has 0 saturated heterocycles. The molecule has 0 fully saturated rings. The van der Waals surface area contributed by atoms with Crippen LogP contribution < -0.4 is 9.62 Å². The van der Waals surface area contributed by atoms with Crippen molar-refractivity contribution < 1.29 is 13.2 Å². The number of nitrogens with zero attached hydrogens (tertiary/aromatic N) is 1. The molecule has 5 nitrogen and oxygen atoms in total. The average molecular weight is 446 g/mol. The minimum absolute atomic E-state index is 0.160. The highest BCUT2D eigenvalue weighted by Gasteiger charge is 2.17. The summed E-state index contributed by atoms with van der Waals surface area (Å²) in [5.41, 5.74) is 1.23. The van der Waals surface area contributed by atoms with Crippen LogP contribution in [0.4, 0.5) is 11.4 Å². The summed E-state index contributed by atoms with van der Waals surface area (Å²) in [6.07, 6.45) is 1.76. The first-order valence-corrected chi connectivity index (χ1v) is 10.6. The molecule has 0 heterocycles. The number of carbonyl (C=O) groups excluding carboxylic acids is 1. The molecule has 0 unspecified atom stereocenters. The number of hydrogen-bond donors (Lipinski definition) is 1. The molecule has 0 bridgehead atoms. The zero-order chi connectivity index (χ0) is 18.4. The van der Waals surface area contributed by atoms with Gasteiger partial charge in [0.2, 0.25) is 15.9 Å². The summed E-state index contributed by atoms with van der Waals surface area (Å²) in [6, 6.07) is 13.8. The number of sulfonamides is 1. The Bertz CT molecular complexity index is 824. The molecule has 0 aliphatic rings. The second-order valence-corrected chi connectivity index (χ2v) is 8.73. The molecule has 0 aliphatic heterocycles. The van der Waals surface area contributed by atoms with Crippen LogP contribution in [0.15, 0.2) is 53.0 Å². The van der Waals surface area contributed by atoms with E-state index in [1.807, 2.05) is 12.1 Å². The third-order valence-corrected chi connectivity index (χ3v) is 5.38. The lowest BCUT2D eigenvalue weighted by molar-refractivity contribution is -0.116. The van der Waals surface area contributed by atoms with E-state index in [4.69, 9.17) is 11.6 Å². The first-order valence-electron chi connectivity index (χ1n) is 7.54. The number of anilines is 2. The molecule has 0 spiro atoms. The molecular formula is C17H18BrClN2O3S. The second kappa shape index (κ2) is 8.69. The van der Waals surface area contributed by atoms with E-state index in [-0.39, 0.29) is 18.9 Å². The number of carbonyl (C=O) groups is 1. The molecule has 0 aliphatic carbocycles. The van der Waals surface area contributed by atoms with Crippen LogP contribution in [0.25, 0.3) is 0 Å². The first-order chi connectivity index (χ1) is 11.8. The minimum atomic E-state index is -3.44. The molecular weight excluding hydrogens is 428 g/mol. The van der Waals surface area contributed by atoms with Crippen LogP contribution in [0.3, 0.4) is 0 Å². The van der Waals surface area contributed by atoms with E-state index >= 15 is 0 Å². The van der Waals surface area contributed by atoms with Gasteiger partial charge in [-0.05, 0) is 55.0 Å². The van der Waals surface area contributed by atoms with E-state index in [2.05, 4.69) is 21.2 Å². The molecule has 0 radical (unpaired) electrons. The van der Waals surface area contributed by atoms with Crippen LogP contribution in [0.5, 0.6) is 0 Å². The standard InChI is InChI=1S/C17H18BrClN2O3S/c1-25(23,24)21(16-10-6-14(19)7-11-16)12-2-3-17(22)20-15-8-4-13(18)5-9-15/h4-11H,2-3,12H2,1H3,(H,20,22). The van der Waals surface area contributed by atoms with Gasteiger partial charge in [0.25, 0.3) is 0 Å². The molecule has 2 aromatic carbocycles. The molecule has 2 aromatic rings. The van der Waals surface area contributed by atoms with Gasteiger partial charge in [0.05, 0.1) is 11.9 Å². The van der Waals surface area contributed by atoms with Gasteiger partial charge >= 0.3 is 0 Å². The lowest BCUT2D eigenvalue weighted by atomic mass is 10.2. The zero-order valence-corrected chi connectivity index (χ0v) is 16.7. The molecule has 0 saturated carbocycles. The fourth-order valence-corrected chi connectivity index (χ4v) is 3.59. The number of halogens is 2. The van der Waals surface area contributed by atoms with E-state index in [1.165, 1.54) is 4.31 Å².